The van der Waals surface area contributed by atoms with Gasteiger partial charge >= 0.3 is 0 Å². The second-order valence-corrected chi connectivity index (χ2v) is 3.48. The summed E-state index contributed by atoms with van der Waals surface area (Å²) in [5, 5.41) is 0.464. The molecule has 1 aromatic rings. The molecule has 0 fully saturated rings. The maximum Gasteiger partial charge on any atom is 0.135 e. The molecule has 0 aliphatic carbocycles. The summed E-state index contributed by atoms with van der Waals surface area (Å²) in [7, 11) is 0. The molecule has 1 aromatic carbocycles. The van der Waals surface area contributed by atoms with Crippen LogP contribution in [0.1, 0.15) is 5.56 Å². The fourth-order valence-corrected chi connectivity index (χ4v) is 1.23. The molecule has 0 unspecified atom stereocenters. The first-order valence-corrected chi connectivity index (χ1v) is 4.40. The number of carbonyl (C=O) groups excluding carboxylic acids is 1. The number of aldehydes is 1. The number of rotatable bonds is 4. The minimum Gasteiger partial charge on any atom is -0.302 e. The maximum atomic E-state index is 12.6. The van der Waals surface area contributed by atoms with Gasteiger partial charge in [-0.1, -0.05) is 23.7 Å². The van der Waals surface area contributed by atoms with E-state index in [9.17, 15) is 13.6 Å². The van der Waals surface area contributed by atoms with Crippen molar-refractivity contribution in [2.24, 2.45) is 0 Å². The van der Waals surface area contributed by atoms with Crippen LogP contribution in [-0.4, -0.2) is 19.6 Å². The Labute approximate surface area is 85.7 Å². The van der Waals surface area contributed by atoms with Gasteiger partial charge in [0.1, 0.15) is 25.1 Å². The predicted molar refractivity (Wildman–Crippen MR) is 51.1 cm³/mol. The van der Waals surface area contributed by atoms with Gasteiger partial charge in [-0.05, 0) is 17.7 Å². The zero-order valence-corrected chi connectivity index (χ0v) is 8.10. The number of hydrogen-bond acceptors (Lipinski definition) is 1. The zero-order chi connectivity index (χ0) is 10.6. The first kappa shape index (κ1) is 11.1. The summed E-state index contributed by atoms with van der Waals surface area (Å²) in [5.74, 6) is 0. The molecule has 0 bridgehead atoms. The summed E-state index contributed by atoms with van der Waals surface area (Å²) in [5.41, 5.74) is -1.35. The first-order chi connectivity index (χ1) is 6.68. The quantitative estimate of drug-likeness (QED) is 0.711. The Kier molecular flexibility index (Phi) is 3.58. The van der Waals surface area contributed by atoms with Gasteiger partial charge in [0.05, 0.1) is 0 Å². The van der Waals surface area contributed by atoms with Crippen LogP contribution >= 0.6 is 11.6 Å². The van der Waals surface area contributed by atoms with Crippen LogP contribution in [0.4, 0.5) is 8.78 Å². The smallest absolute Gasteiger partial charge is 0.135 e. The number of halogens is 3. The zero-order valence-electron chi connectivity index (χ0n) is 7.34. The van der Waals surface area contributed by atoms with Crippen LogP contribution in [0.5, 0.6) is 0 Å². The topological polar surface area (TPSA) is 17.1 Å². The standard InChI is InChI=1S/C10H9ClF2O/c11-9-3-1-8(2-4-9)10(5-12,6-13)7-14/h1-4,7H,5-6H2. The van der Waals surface area contributed by atoms with E-state index in [0.29, 0.717) is 16.9 Å². The number of carbonyl (C=O) groups is 1. The Bertz CT molecular complexity index is 306. The van der Waals surface area contributed by atoms with Crippen molar-refractivity contribution in [3.63, 3.8) is 0 Å². The van der Waals surface area contributed by atoms with E-state index in [2.05, 4.69) is 0 Å². The molecule has 0 aliphatic rings. The van der Waals surface area contributed by atoms with Crippen LogP contribution in [-0.2, 0) is 10.2 Å². The van der Waals surface area contributed by atoms with Crippen molar-refractivity contribution >= 4 is 17.9 Å². The molecule has 0 amide bonds. The SMILES string of the molecule is O=CC(CF)(CF)c1ccc(Cl)cc1. The third-order valence-electron chi connectivity index (χ3n) is 2.12. The number of alkyl halides is 2. The molecule has 0 aromatic heterocycles. The lowest BCUT2D eigenvalue weighted by Gasteiger charge is -2.20. The summed E-state index contributed by atoms with van der Waals surface area (Å²) < 4.78 is 25.2. The Morgan fingerprint density at radius 1 is 1.21 bits per heavy atom. The molecular weight excluding hydrogens is 210 g/mol. The summed E-state index contributed by atoms with van der Waals surface area (Å²) in [6.45, 7) is -2.09. The van der Waals surface area contributed by atoms with Gasteiger partial charge in [-0.15, -0.1) is 0 Å². The van der Waals surface area contributed by atoms with Gasteiger partial charge in [0.15, 0.2) is 0 Å². The van der Waals surface area contributed by atoms with Crippen molar-refractivity contribution in [1.29, 1.82) is 0 Å². The molecule has 0 atom stereocenters. The fourth-order valence-electron chi connectivity index (χ4n) is 1.10. The summed E-state index contributed by atoms with van der Waals surface area (Å²) in [6.07, 6.45) is 0.302. The van der Waals surface area contributed by atoms with Gasteiger partial charge in [0.2, 0.25) is 0 Å². The largest absolute Gasteiger partial charge is 0.302 e. The molecule has 14 heavy (non-hydrogen) atoms. The highest BCUT2D eigenvalue weighted by molar-refractivity contribution is 6.30. The molecule has 0 N–H and O–H groups in total. The second-order valence-electron chi connectivity index (χ2n) is 3.05. The first-order valence-electron chi connectivity index (χ1n) is 4.03. The molecule has 4 heteroatoms. The highest BCUT2D eigenvalue weighted by atomic mass is 35.5. The molecule has 1 nitrogen and oxygen atoms in total. The Morgan fingerprint density at radius 2 is 1.71 bits per heavy atom. The minimum absolute atomic E-state index is 0.302. The van der Waals surface area contributed by atoms with Crippen LogP contribution in [0.3, 0.4) is 0 Å². The lowest BCUT2D eigenvalue weighted by atomic mass is 9.85. The third kappa shape index (κ3) is 1.93. The van der Waals surface area contributed by atoms with Crippen molar-refractivity contribution in [3.05, 3.63) is 34.9 Å². The van der Waals surface area contributed by atoms with Crippen molar-refractivity contribution in [2.45, 2.75) is 5.41 Å². The van der Waals surface area contributed by atoms with E-state index >= 15 is 0 Å². The van der Waals surface area contributed by atoms with E-state index in [1.54, 1.807) is 0 Å². The predicted octanol–water partition coefficient (Wildman–Crippen LogP) is 2.72. The second kappa shape index (κ2) is 4.51. The maximum absolute atomic E-state index is 12.6. The Balaban J connectivity index is 3.11. The van der Waals surface area contributed by atoms with Gasteiger partial charge < -0.3 is 4.79 Å². The van der Waals surface area contributed by atoms with Gasteiger partial charge in [0, 0.05) is 5.02 Å². The molecule has 0 saturated heterocycles. The van der Waals surface area contributed by atoms with E-state index in [4.69, 9.17) is 11.6 Å². The van der Waals surface area contributed by atoms with Crippen LogP contribution in [0.15, 0.2) is 24.3 Å². The van der Waals surface area contributed by atoms with Gasteiger partial charge in [-0.25, -0.2) is 8.78 Å². The van der Waals surface area contributed by atoms with E-state index in [-0.39, 0.29) is 0 Å². The molecule has 1 rings (SSSR count). The average Bonchev–Trinajstić information content (AvgIpc) is 2.24. The molecule has 0 spiro atoms. The van der Waals surface area contributed by atoms with Crippen LogP contribution in [0.25, 0.3) is 0 Å². The number of benzene rings is 1. The molecule has 0 heterocycles. The summed E-state index contributed by atoms with van der Waals surface area (Å²) >= 11 is 5.62. The third-order valence-corrected chi connectivity index (χ3v) is 2.37. The van der Waals surface area contributed by atoms with E-state index < -0.39 is 18.8 Å². The van der Waals surface area contributed by atoms with Crippen LogP contribution in [0.2, 0.25) is 5.02 Å². The van der Waals surface area contributed by atoms with E-state index in [0.717, 1.165) is 0 Å². The molecule has 0 aliphatic heterocycles. The van der Waals surface area contributed by atoms with Gasteiger partial charge in [-0.2, -0.15) is 0 Å². The summed E-state index contributed by atoms with van der Waals surface area (Å²) in [6, 6.07) is 5.91. The highest BCUT2D eigenvalue weighted by Gasteiger charge is 2.32. The van der Waals surface area contributed by atoms with E-state index in [1.807, 2.05) is 0 Å². The molecule has 76 valence electrons. The van der Waals surface area contributed by atoms with Crippen molar-refractivity contribution < 1.29 is 13.6 Å². The molecular formula is C10H9ClF2O. The van der Waals surface area contributed by atoms with Gasteiger partial charge in [0.25, 0.3) is 0 Å². The van der Waals surface area contributed by atoms with Crippen molar-refractivity contribution in [1.82, 2.24) is 0 Å². The highest BCUT2D eigenvalue weighted by Crippen LogP contribution is 2.24. The summed E-state index contributed by atoms with van der Waals surface area (Å²) in [4.78, 5) is 10.7. The lowest BCUT2D eigenvalue weighted by molar-refractivity contribution is -0.113. The van der Waals surface area contributed by atoms with Crippen molar-refractivity contribution in [3.8, 4) is 0 Å². The van der Waals surface area contributed by atoms with Crippen LogP contribution < -0.4 is 0 Å². The number of hydrogen-bond donors (Lipinski definition) is 0. The Morgan fingerprint density at radius 3 is 2.07 bits per heavy atom. The van der Waals surface area contributed by atoms with E-state index in [1.165, 1.54) is 24.3 Å². The molecule has 0 saturated carbocycles. The lowest BCUT2D eigenvalue weighted by Crippen LogP contribution is -2.33. The molecule has 0 radical (unpaired) electrons. The monoisotopic (exact) mass is 218 g/mol. The van der Waals surface area contributed by atoms with Crippen molar-refractivity contribution in [2.75, 3.05) is 13.3 Å². The normalized spacial score (nSPS) is 11.4. The van der Waals surface area contributed by atoms with Gasteiger partial charge in [-0.3, -0.25) is 0 Å². The Hall–Kier alpha value is -0.960. The fraction of sp³-hybridized carbons (Fsp3) is 0.300. The van der Waals surface area contributed by atoms with Crippen LogP contribution in [0, 0.1) is 0 Å². The minimum atomic E-state index is -1.66. The average molecular weight is 219 g/mol.